The number of halogens is 3. The third-order valence-electron chi connectivity index (χ3n) is 4.55. The minimum Gasteiger partial charge on any atom is -0.486 e. The van der Waals surface area contributed by atoms with Crippen LogP contribution in [0.2, 0.25) is 0 Å². The maximum absolute atomic E-state index is 12.8. The molecule has 160 valence electrons. The summed E-state index contributed by atoms with van der Waals surface area (Å²) in [5.74, 6) is 1.26. The van der Waals surface area contributed by atoms with Crippen LogP contribution in [0.1, 0.15) is 15.9 Å². The van der Waals surface area contributed by atoms with Gasteiger partial charge in [0.05, 0.1) is 17.7 Å². The first-order valence-electron chi connectivity index (χ1n) is 9.45. The van der Waals surface area contributed by atoms with E-state index in [1.54, 1.807) is 6.07 Å². The second-order valence-electron chi connectivity index (χ2n) is 6.84. The van der Waals surface area contributed by atoms with Crippen LogP contribution in [0.15, 0.2) is 66.9 Å². The van der Waals surface area contributed by atoms with Gasteiger partial charge in [0.2, 0.25) is 0 Å². The molecule has 0 spiro atoms. The van der Waals surface area contributed by atoms with E-state index >= 15 is 0 Å². The fourth-order valence-corrected chi connectivity index (χ4v) is 3.00. The number of fused-ring (bicyclic) bond motifs is 1. The summed E-state index contributed by atoms with van der Waals surface area (Å²) < 4.78 is 49.9. The Balaban J connectivity index is 1.32. The molecule has 1 aromatic heterocycles. The average Bonchev–Trinajstić information content (AvgIpc) is 2.77. The molecule has 2 aromatic carbocycles. The van der Waals surface area contributed by atoms with Crippen molar-refractivity contribution in [2.24, 2.45) is 0 Å². The first-order chi connectivity index (χ1) is 14.9. The fraction of sp³-hybridized carbons (Fsp3) is 0.182. The van der Waals surface area contributed by atoms with Gasteiger partial charge >= 0.3 is 6.18 Å². The molecule has 0 radical (unpaired) electrons. The number of carbonyl (C=O) groups is 1. The summed E-state index contributed by atoms with van der Waals surface area (Å²) in [6, 6.07) is 15.1. The summed E-state index contributed by atoms with van der Waals surface area (Å²) in [6.45, 7) is 0.562. The van der Waals surface area contributed by atoms with Crippen molar-refractivity contribution in [1.29, 1.82) is 0 Å². The van der Waals surface area contributed by atoms with Gasteiger partial charge in [0.25, 0.3) is 5.91 Å². The van der Waals surface area contributed by atoms with Crippen LogP contribution in [-0.2, 0) is 6.18 Å². The normalized spacial score (nSPS) is 15.3. The van der Waals surface area contributed by atoms with Gasteiger partial charge in [-0.05, 0) is 42.5 Å². The lowest BCUT2D eigenvalue weighted by molar-refractivity contribution is -0.137. The van der Waals surface area contributed by atoms with Crippen molar-refractivity contribution in [3.8, 4) is 11.5 Å². The molecule has 1 unspecified atom stereocenters. The second kappa shape index (κ2) is 8.55. The monoisotopic (exact) mass is 429 g/mol. The van der Waals surface area contributed by atoms with E-state index in [4.69, 9.17) is 9.47 Å². The quantitative estimate of drug-likeness (QED) is 0.629. The minimum absolute atomic E-state index is 0.245. The number of para-hydroxylation sites is 2. The van der Waals surface area contributed by atoms with Crippen LogP contribution < -0.4 is 20.1 Å². The summed E-state index contributed by atoms with van der Waals surface area (Å²) >= 11 is 0. The smallest absolute Gasteiger partial charge is 0.416 e. The minimum atomic E-state index is -4.43. The topological polar surface area (TPSA) is 72.5 Å². The number of hydrogen-bond acceptors (Lipinski definition) is 5. The van der Waals surface area contributed by atoms with E-state index in [-0.39, 0.29) is 24.2 Å². The van der Waals surface area contributed by atoms with Crippen molar-refractivity contribution in [3.63, 3.8) is 0 Å². The molecule has 1 aliphatic rings. The number of carbonyl (C=O) groups excluding carboxylic acids is 1. The lowest BCUT2D eigenvalue weighted by atomic mass is 10.2. The Kier molecular flexibility index (Phi) is 5.66. The molecular weight excluding hydrogens is 411 g/mol. The van der Waals surface area contributed by atoms with E-state index in [1.807, 2.05) is 18.2 Å². The predicted molar refractivity (Wildman–Crippen MR) is 108 cm³/mol. The SMILES string of the molecule is O=C(NCC1COc2ccccc2O1)c1ccc(Nc2cccc(C(F)(F)F)c2)nc1. The van der Waals surface area contributed by atoms with Gasteiger partial charge in [0.1, 0.15) is 18.5 Å². The Morgan fingerprint density at radius 3 is 2.61 bits per heavy atom. The van der Waals surface area contributed by atoms with Crippen LogP contribution >= 0.6 is 0 Å². The Labute approximate surface area is 176 Å². The van der Waals surface area contributed by atoms with Crippen molar-refractivity contribution in [3.05, 3.63) is 78.0 Å². The van der Waals surface area contributed by atoms with E-state index < -0.39 is 11.7 Å². The summed E-state index contributed by atoms with van der Waals surface area (Å²) in [7, 11) is 0. The average molecular weight is 429 g/mol. The molecule has 3 aromatic rings. The summed E-state index contributed by atoms with van der Waals surface area (Å²) in [4.78, 5) is 16.5. The Hall–Kier alpha value is -3.75. The molecule has 0 saturated heterocycles. The van der Waals surface area contributed by atoms with Gasteiger partial charge in [-0.15, -0.1) is 0 Å². The van der Waals surface area contributed by atoms with Crippen molar-refractivity contribution in [2.45, 2.75) is 12.3 Å². The zero-order valence-electron chi connectivity index (χ0n) is 16.1. The highest BCUT2D eigenvalue weighted by atomic mass is 19.4. The number of anilines is 2. The lowest BCUT2D eigenvalue weighted by Crippen LogP contribution is -2.40. The molecule has 31 heavy (non-hydrogen) atoms. The number of amides is 1. The second-order valence-corrected chi connectivity index (χ2v) is 6.84. The standard InChI is InChI=1S/C22H18F3N3O3/c23-22(24,25)15-4-3-5-16(10-15)28-20-9-8-14(11-26-20)21(29)27-12-17-13-30-18-6-1-2-7-19(18)31-17/h1-11,17H,12-13H2,(H,26,28)(H,27,29). The zero-order valence-corrected chi connectivity index (χ0v) is 16.1. The number of ether oxygens (including phenoxy) is 2. The van der Waals surface area contributed by atoms with Crippen molar-refractivity contribution in [1.82, 2.24) is 10.3 Å². The van der Waals surface area contributed by atoms with E-state index in [1.165, 1.54) is 30.5 Å². The maximum Gasteiger partial charge on any atom is 0.416 e. The summed E-state index contributed by atoms with van der Waals surface area (Å²) in [5, 5.41) is 5.56. The van der Waals surface area contributed by atoms with Crippen LogP contribution in [-0.4, -0.2) is 30.1 Å². The van der Waals surface area contributed by atoms with Crippen LogP contribution in [0.3, 0.4) is 0 Å². The summed E-state index contributed by atoms with van der Waals surface area (Å²) in [6.07, 6.45) is -3.41. The van der Waals surface area contributed by atoms with Gasteiger partial charge < -0.3 is 20.1 Å². The molecule has 9 heteroatoms. The van der Waals surface area contributed by atoms with E-state index in [9.17, 15) is 18.0 Å². The molecule has 1 atom stereocenters. The molecule has 1 amide bonds. The van der Waals surface area contributed by atoms with Crippen molar-refractivity contribution >= 4 is 17.4 Å². The van der Waals surface area contributed by atoms with E-state index in [0.717, 1.165) is 12.1 Å². The Morgan fingerprint density at radius 2 is 1.87 bits per heavy atom. The third-order valence-corrected chi connectivity index (χ3v) is 4.55. The van der Waals surface area contributed by atoms with Gasteiger partial charge in [-0.25, -0.2) is 4.98 Å². The van der Waals surface area contributed by atoms with E-state index in [0.29, 0.717) is 29.5 Å². The van der Waals surface area contributed by atoms with Gasteiger partial charge in [0, 0.05) is 11.9 Å². The predicted octanol–water partition coefficient (Wildman–Crippen LogP) is 4.41. The maximum atomic E-state index is 12.8. The molecule has 4 rings (SSSR count). The lowest BCUT2D eigenvalue weighted by Gasteiger charge is -2.26. The molecular formula is C22H18F3N3O3. The number of aromatic nitrogens is 1. The van der Waals surface area contributed by atoms with Crippen LogP contribution in [0.25, 0.3) is 0 Å². The molecule has 2 heterocycles. The van der Waals surface area contributed by atoms with Gasteiger partial charge in [-0.2, -0.15) is 13.2 Å². The first kappa shape index (κ1) is 20.5. The highest BCUT2D eigenvalue weighted by Crippen LogP contribution is 2.32. The van der Waals surface area contributed by atoms with E-state index in [2.05, 4.69) is 15.6 Å². The number of rotatable bonds is 5. The number of alkyl halides is 3. The van der Waals surface area contributed by atoms with Crippen LogP contribution in [0.4, 0.5) is 24.7 Å². The highest BCUT2D eigenvalue weighted by Gasteiger charge is 2.30. The van der Waals surface area contributed by atoms with Crippen LogP contribution in [0.5, 0.6) is 11.5 Å². The Morgan fingerprint density at radius 1 is 1.06 bits per heavy atom. The third kappa shape index (κ3) is 5.06. The summed E-state index contributed by atoms with van der Waals surface area (Å²) in [5.41, 5.74) is -0.203. The zero-order chi connectivity index (χ0) is 21.8. The number of pyridine rings is 1. The number of nitrogens with one attached hydrogen (secondary N) is 2. The molecule has 2 N–H and O–H groups in total. The molecule has 6 nitrogen and oxygen atoms in total. The first-order valence-corrected chi connectivity index (χ1v) is 9.45. The largest absolute Gasteiger partial charge is 0.486 e. The molecule has 0 saturated carbocycles. The fourth-order valence-electron chi connectivity index (χ4n) is 3.00. The number of benzene rings is 2. The number of hydrogen-bond donors (Lipinski definition) is 2. The molecule has 0 bridgehead atoms. The number of nitrogens with zero attached hydrogens (tertiary/aromatic N) is 1. The van der Waals surface area contributed by atoms with Gasteiger partial charge in [0.15, 0.2) is 11.5 Å². The van der Waals surface area contributed by atoms with Crippen molar-refractivity contribution < 1.29 is 27.4 Å². The molecule has 0 aliphatic carbocycles. The van der Waals surface area contributed by atoms with Gasteiger partial charge in [-0.3, -0.25) is 4.79 Å². The Bertz CT molecular complexity index is 1070. The van der Waals surface area contributed by atoms with Crippen molar-refractivity contribution in [2.75, 3.05) is 18.5 Å². The van der Waals surface area contributed by atoms with Crippen LogP contribution in [0, 0.1) is 0 Å². The highest BCUT2D eigenvalue weighted by molar-refractivity contribution is 5.94. The van der Waals surface area contributed by atoms with Gasteiger partial charge in [-0.1, -0.05) is 18.2 Å². The molecule has 1 aliphatic heterocycles. The molecule has 0 fully saturated rings.